The van der Waals surface area contributed by atoms with Crippen LogP contribution >= 0.6 is 0 Å². The Balaban J connectivity index is 2.59. The van der Waals surface area contributed by atoms with E-state index in [1.165, 1.54) is 6.33 Å². The first-order chi connectivity index (χ1) is 9.67. The highest BCUT2D eigenvalue weighted by atomic mass is 16.5. The van der Waals surface area contributed by atoms with E-state index in [1.54, 1.807) is 6.20 Å². The number of hydrogen-bond acceptors (Lipinski definition) is 5. The van der Waals surface area contributed by atoms with E-state index in [4.69, 9.17) is 15.6 Å². The number of H-pyrrole nitrogens is 1. The van der Waals surface area contributed by atoms with Crippen LogP contribution in [0.15, 0.2) is 12.5 Å². The van der Waals surface area contributed by atoms with Gasteiger partial charge in [-0.3, -0.25) is 9.59 Å². The molecule has 118 valence electrons. The largest absolute Gasteiger partial charge is 0.481 e. The number of aliphatic carboxylic acids is 1. The lowest BCUT2D eigenvalue weighted by molar-refractivity contribution is -0.873. The molecule has 0 aliphatic heterocycles. The van der Waals surface area contributed by atoms with Gasteiger partial charge >= 0.3 is 11.9 Å². The number of esters is 1. The molecule has 1 heterocycles. The third-order valence-corrected chi connectivity index (χ3v) is 2.73. The van der Waals surface area contributed by atoms with Crippen LogP contribution in [0.3, 0.4) is 0 Å². The third-order valence-electron chi connectivity index (χ3n) is 2.73. The molecule has 0 saturated heterocycles. The van der Waals surface area contributed by atoms with Gasteiger partial charge in [0.25, 0.3) is 0 Å². The summed E-state index contributed by atoms with van der Waals surface area (Å²) in [6.07, 6.45) is 2.40. The molecule has 0 aromatic carbocycles. The lowest BCUT2D eigenvalue weighted by Gasteiger charge is -2.28. The van der Waals surface area contributed by atoms with Gasteiger partial charge in [-0.1, -0.05) is 0 Å². The summed E-state index contributed by atoms with van der Waals surface area (Å²) in [5.41, 5.74) is 6.50. The molecular formula is C13H23N4O4+. The number of nitrogens with one attached hydrogen (secondary N) is 1. The maximum Gasteiger partial charge on any atom is 0.323 e. The van der Waals surface area contributed by atoms with E-state index in [1.807, 2.05) is 21.1 Å². The van der Waals surface area contributed by atoms with Crippen LogP contribution in [0.5, 0.6) is 0 Å². The molecule has 0 saturated carbocycles. The number of carboxylic acids is 1. The molecule has 0 bridgehead atoms. The van der Waals surface area contributed by atoms with Gasteiger partial charge in [-0.2, -0.15) is 0 Å². The lowest BCUT2D eigenvalue weighted by atomic mass is 10.1. The third kappa shape index (κ3) is 6.87. The molecule has 1 aromatic heterocycles. The Kier molecular flexibility index (Phi) is 5.86. The van der Waals surface area contributed by atoms with Gasteiger partial charge < -0.3 is 25.0 Å². The van der Waals surface area contributed by atoms with Crippen LogP contribution < -0.4 is 5.73 Å². The quantitative estimate of drug-likeness (QED) is 0.434. The van der Waals surface area contributed by atoms with Crippen LogP contribution in [0.2, 0.25) is 0 Å². The van der Waals surface area contributed by atoms with Crippen LogP contribution in [-0.2, 0) is 20.7 Å². The standard InChI is InChI=1S/C13H22N4O4/c1-17(2,3)7-10(5-12(18)19)21-13(20)11(14)4-9-6-15-8-16-9/h6,8,10-11H,4-5,7,14H2,1-3H3,(H-,15,16,18,19)/p+1/t10-,11+/m1/s1. The summed E-state index contributed by atoms with van der Waals surface area (Å²) in [7, 11) is 5.69. The van der Waals surface area contributed by atoms with E-state index >= 15 is 0 Å². The number of ether oxygens (including phenoxy) is 1. The number of aromatic amines is 1. The Hall–Kier alpha value is -1.93. The summed E-state index contributed by atoms with van der Waals surface area (Å²) >= 11 is 0. The first-order valence-electron chi connectivity index (χ1n) is 6.63. The molecule has 0 spiro atoms. The zero-order chi connectivity index (χ0) is 16.0. The van der Waals surface area contributed by atoms with Gasteiger partial charge in [-0.25, -0.2) is 4.98 Å². The van der Waals surface area contributed by atoms with Crippen molar-refractivity contribution in [2.45, 2.75) is 25.0 Å². The van der Waals surface area contributed by atoms with E-state index in [0.29, 0.717) is 11.0 Å². The van der Waals surface area contributed by atoms with Crippen molar-refractivity contribution in [2.75, 3.05) is 27.7 Å². The van der Waals surface area contributed by atoms with E-state index in [2.05, 4.69) is 9.97 Å². The first-order valence-corrected chi connectivity index (χ1v) is 6.63. The predicted octanol–water partition coefficient (Wildman–Crippen LogP) is -0.628. The van der Waals surface area contributed by atoms with Crippen molar-refractivity contribution in [3.05, 3.63) is 18.2 Å². The number of likely N-dealkylation sites (N-methyl/N-ethyl adjacent to an activating group) is 1. The van der Waals surface area contributed by atoms with Crippen LogP contribution in [0.25, 0.3) is 0 Å². The summed E-state index contributed by atoms with van der Waals surface area (Å²) in [4.78, 5) is 29.5. The highest BCUT2D eigenvalue weighted by molar-refractivity contribution is 5.76. The molecule has 0 fully saturated rings. The van der Waals surface area contributed by atoms with Crippen molar-refractivity contribution in [3.63, 3.8) is 0 Å². The van der Waals surface area contributed by atoms with E-state index in [9.17, 15) is 9.59 Å². The van der Waals surface area contributed by atoms with Gasteiger partial charge in [0.2, 0.25) is 0 Å². The van der Waals surface area contributed by atoms with Gasteiger partial charge in [0.15, 0.2) is 6.10 Å². The van der Waals surface area contributed by atoms with Gasteiger partial charge in [0.1, 0.15) is 12.6 Å². The first kappa shape index (κ1) is 17.1. The zero-order valence-corrected chi connectivity index (χ0v) is 12.6. The van der Waals surface area contributed by atoms with Crippen LogP contribution in [0, 0.1) is 0 Å². The number of imidazole rings is 1. The minimum absolute atomic E-state index is 0.238. The average molecular weight is 299 g/mol. The highest BCUT2D eigenvalue weighted by Crippen LogP contribution is 2.07. The molecule has 1 rings (SSSR count). The van der Waals surface area contributed by atoms with Crippen LogP contribution in [0.4, 0.5) is 0 Å². The molecule has 0 unspecified atom stereocenters. The monoisotopic (exact) mass is 299 g/mol. The number of carbonyl (C=O) groups is 2. The average Bonchev–Trinajstić information content (AvgIpc) is 2.78. The topological polar surface area (TPSA) is 118 Å². The fourth-order valence-electron chi connectivity index (χ4n) is 1.92. The Morgan fingerprint density at radius 2 is 2.14 bits per heavy atom. The SMILES string of the molecule is C[N+](C)(C)C[C@@H](CC(=O)O)OC(=O)[C@@H](N)Cc1cnc[nH]1. The number of rotatable bonds is 8. The van der Waals surface area contributed by atoms with Crippen molar-refractivity contribution < 1.29 is 23.9 Å². The lowest BCUT2D eigenvalue weighted by Crippen LogP contribution is -2.46. The smallest absolute Gasteiger partial charge is 0.323 e. The number of nitrogens with zero attached hydrogens (tertiary/aromatic N) is 2. The second-order valence-corrected chi connectivity index (χ2v) is 6.02. The van der Waals surface area contributed by atoms with E-state index in [0.717, 1.165) is 5.69 Å². The second kappa shape index (κ2) is 7.19. The van der Waals surface area contributed by atoms with Crippen molar-refractivity contribution >= 4 is 11.9 Å². The van der Waals surface area contributed by atoms with Crippen LogP contribution in [-0.4, -0.2) is 71.3 Å². The highest BCUT2D eigenvalue weighted by Gasteiger charge is 2.27. The maximum absolute atomic E-state index is 12.0. The van der Waals surface area contributed by atoms with E-state index < -0.39 is 24.1 Å². The summed E-state index contributed by atoms with van der Waals surface area (Å²) < 4.78 is 5.74. The van der Waals surface area contributed by atoms with E-state index in [-0.39, 0.29) is 12.8 Å². The minimum atomic E-state index is -1.01. The summed E-state index contributed by atoms with van der Waals surface area (Å²) in [5.74, 6) is -1.62. The minimum Gasteiger partial charge on any atom is -0.481 e. The fourth-order valence-corrected chi connectivity index (χ4v) is 1.92. The molecule has 0 aliphatic carbocycles. The number of carboxylic acid groups (broad SMARTS) is 1. The number of nitrogens with two attached hydrogens (primary N) is 1. The van der Waals surface area contributed by atoms with Gasteiger partial charge in [0.05, 0.1) is 33.9 Å². The molecular weight excluding hydrogens is 276 g/mol. The molecule has 8 heteroatoms. The Morgan fingerprint density at radius 1 is 1.48 bits per heavy atom. The number of hydrogen-bond donors (Lipinski definition) is 3. The normalized spacial score (nSPS) is 14.5. The van der Waals surface area contributed by atoms with Gasteiger partial charge in [-0.05, 0) is 0 Å². The predicted molar refractivity (Wildman–Crippen MR) is 75.3 cm³/mol. The molecule has 8 nitrogen and oxygen atoms in total. The molecule has 21 heavy (non-hydrogen) atoms. The molecule has 4 N–H and O–H groups in total. The summed E-state index contributed by atoms with van der Waals surface area (Å²) in [6, 6.07) is -0.853. The van der Waals surface area contributed by atoms with Crippen LogP contribution in [0.1, 0.15) is 12.1 Å². The maximum atomic E-state index is 12.0. The Labute approximate surface area is 123 Å². The second-order valence-electron chi connectivity index (χ2n) is 6.02. The van der Waals surface area contributed by atoms with Gasteiger partial charge in [-0.15, -0.1) is 0 Å². The van der Waals surface area contributed by atoms with Gasteiger partial charge in [0, 0.05) is 18.3 Å². The van der Waals surface area contributed by atoms with Crippen molar-refractivity contribution in [2.24, 2.45) is 5.73 Å². The van der Waals surface area contributed by atoms with Crippen molar-refractivity contribution in [3.8, 4) is 0 Å². The zero-order valence-electron chi connectivity index (χ0n) is 12.6. The molecule has 0 aliphatic rings. The number of quaternary nitrogens is 1. The summed E-state index contributed by atoms with van der Waals surface area (Å²) in [5, 5.41) is 8.90. The number of aromatic nitrogens is 2. The molecule has 0 radical (unpaired) electrons. The summed E-state index contributed by atoms with van der Waals surface area (Å²) in [6.45, 7) is 0.398. The Morgan fingerprint density at radius 3 is 2.62 bits per heavy atom. The Bertz CT molecular complexity index is 467. The molecule has 1 aromatic rings. The van der Waals surface area contributed by atoms with Crippen molar-refractivity contribution in [1.82, 2.24) is 9.97 Å². The fraction of sp³-hybridized carbons (Fsp3) is 0.615. The number of carbonyl (C=O) groups excluding carboxylic acids is 1. The molecule has 0 amide bonds. The molecule has 2 atom stereocenters. The van der Waals surface area contributed by atoms with Crippen molar-refractivity contribution in [1.29, 1.82) is 0 Å².